The van der Waals surface area contributed by atoms with Gasteiger partial charge in [0.25, 0.3) is 5.91 Å². The van der Waals surface area contributed by atoms with Crippen molar-refractivity contribution in [3.63, 3.8) is 0 Å². The fourth-order valence-electron chi connectivity index (χ4n) is 2.55. The standard InChI is InChI=1S/C17H10ClN3O/c1-10-14(18)8-7-12-15(10)19-9-13-16(12)20-21(17(13)22)11-5-3-2-4-6-11/h2-9H,1H2. The van der Waals surface area contributed by atoms with E-state index in [0.29, 0.717) is 26.7 Å². The van der Waals surface area contributed by atoms with Gasteiger partial charge in [-0.15, -0.1) is 0 Å². The Balaban J connectivity index is 2.02. The molecule has 0 N–H and O–H groups in total. The third-order valence-corrected chi connectivity index (χ3v) is 4.04. The zero-order chi connectivity index (χ0) is 15.3. The van der Waals surface area contributed by atoms with Gasteiger partial charge in [-0.1, -0.05) is 36.4 Å². The van der Waals surface area contributed by atoms with Crippen molar-refractivity contribution in [1.29, 1.82) is 0 Å². The van der Waals surface area contributed by atoms with Crippen LogP contribution in [0.2, 0.25) is 5.02 Å². The Bertz CT molecular complexity index is 1030. The third kappa shape index (κ3) is 1.74. The van der Waals surface area contributed by atoms with Crippen LogP contribution in [-0.2, 0) is 0 Å². The van der Waals surface area contributed by atoms with Gasteiger partial charge >= 0.3 is 0 Å². The number of rotatable bonds is 1. The van der Waals surface area contributed by atoms with Crippen molar-refractivity contribution < 1.29 is 4.79 Å². The Hall–Kier alpha value is -2.72. The Morgan fingerprint density at radius 2 is 1.86 bits per heavy atom. The highest BCUT2D eigenvalue weighted by atomic mass is 35.5. The summed E-state index contributed by atoms with van der Waals surface area (Å²) < 4.78 is 0. The number of nitrogens with zero attached hydrogens (tertiary/aromatic N) is 3. The predicted octanol–water partition coefficient (Wildman–Crippen LogP) is 2.49. The lowest BCUT2D eigenvalue weighted by Gasteiger charge is -2.10. The Labute approximate surface area is 131 Å². The topological polar surface area (TPSA) is 45.6 Å². The molecule has 1 aliphatic heterocycles. The molecule has 0 fully saturated rings. The third-order valence-electron chi connectivity index (χ3n) is 3.68. The van der Waals surface area contributed by atoms with Gasteiger partial charge in [0.1, 0.15) is 5.36 Å². The van der Waals surface area contributed by atoms with E-state index in [1.807, 2.05) is 36.4 Å². The number of benzene rings is 2. The summed E-state index contributed by atoms with van der Waals surface area (Å²) in [5.74, 6) is -0.184. The lowest BCUT2D eigenvalue weighted by molar-refractivity contribution is 0.0994. The van der Waals surface area contributed by atoms with Crippen molar-refractivity contribution in [2.45, 2.75) is 0 Å². The average molecular weight is 308 g/mol. The molecule has 0 spiro atoms. The molecule has 3 aromatic rings. The van der Waals surface area contributed by atoms with Crippen molar-refractivity contribution in [3.05, 3.63) is 69.8 Å². The highest BCUT2D eigenvalue weighted by Gasteiger charge is 2.26. The van der Waals surface area contributed by atoms with Crippen LogP contribution in [0.1, 0.15) is 10.4 Å². The van der Waals surface area contributed by atoms with Crippen LogP contribution in [0.25, 0.3) is 17.5 Å². The number of carbonyl (C=O) groups is 1. The van der Waals surface area contributed by atoms with Crippen LogP contribution < -0.4 is 15.6 Å². The van der Waals surface area contributed by atoms with Gasteiger partial charge in [0, 0.05) is 21.8 Å². The second-order valence-electron chi connectivity index (χ2n) is 5.00. The van der Waals surface area contributed by atoms with Crippen LogP contribution in [0.15, 0.2) is 53.8 Å². The summed E-state index contributed by atoms with van der Waals surface area (Å²) in [6.45, 7) is 3.94. The molecule has 0 aliphatic carbocycles. The number of fused-ring (bicyclic) bond motifs is 3. The highest BCUT2D eigenvalue weighted by Crippen LogP contribution is 2.20. The minimum absolute atomic E-state index is 0.184. The number of hydrogen-bond acceptors (Lipinski definition) is 3. The molecule has 0 bridgehead atoms. The zero-order valence-electron chi connectivity index (χ0n) is 11.5. The van der Waals surface area contributed by atoms with Gasteiger partial charge in [-0.2, -0.15) is 10.1 Å². The van der Waals surface area contributed by atoms with Crippen LogP contribution in [0.5, 0.6) is 0 Å². The number of halogens is 1. The molecule has 0 unspecified atom stereocenters. The molecule has 4 rings (SSSR count). The van der Waals surface area contributed by atoms with Crippen molar-refractivity contribution in [3.8, 4) is 0 Å². The van der Waals surface area contributed by atoms with Gasteiger partial charge in [0.15, 0.2) is 0 Å². The number of carbonyl (C=O) groups excluding carboxylic acids is 1. The van der Waals surface area contributed by atoms with Crippen LogP contribution in [0.3, 0.4) is 0 Å². The molecule has 106 valence electrons. The maximum Gasteiger partial charge on any atom is 0.282 e. The van der Waals surface area contributed by atoms with E-state index < -0.39 is 0 Å². The number of aromatic nitrogens is 1. The second-order valence-corrected chi connectivity index (χ2v) is 5.40. The molecule has 0 saturated carbocycles. The van der Waals surface area contributed by atoms with Crippen LogP contribution in [0.4, 0.5) is 5.69 Å². The van der Waals surface area contributed by atoms with Gasteiger partial charge in [-0.25, -0.2) is 0 Å². The van der Waals surface area contributed by atoms with Crippen molar-refractivity contribution in [1.82, 2.24) is 4.98 Å². The fourth-order valence-corrected chi connectivity index (χ4v) is 2.71. The molecule has 5 heteroatoms. The molecular formula is C17H10ClN3O. The minimum atomic E-state index is -0.184. The summed E-state index contributed by atoms with van der Waals surface area (Å²) in [4.78, 5) is 16.9. The molecule has 0 atom stereocenters. The van der Waals surface area contributed by atoms with Crippen LogP contribution in [0, 0.1) is 0 Å². The SMILES string of the molecule is C=c1c(Cl)ccc2c3c(cnc12)C(=O)N(c1ccccc1)N=3. The maximum absolute atomic E-state index is 12.5. The quantitative estimate of drug-likeness (QED) is 0.693. The normalized spacial score (nSPS) is 13.3. The summed E-state index contributed by atoms with van der Waals surface area (Å²) in [5, 5.41) is 8.44. The first-order valence-corrected chi connectivity index (χ1v) is 7.09. The van der Waals surface area contributed by atoms with Crippen molar-refractivity contribution in [2.75, 3.05) is 5.01 Å². The average Bonchev–Trinajstić information content (AvgIpc) is 2.89. The van der Waals surface area contributed by atoms with E-state index in [1.165, 1.54) is 11.2 Å². The van der Waals surface area contributed by atoms with E-state index in [4.69, 9.17) is 11.6 Å². The van der Waals surface area contributed by atoms with E-state index in [2.05, 4.69) is 16.7 Å². The summed E-state index contributed by atoms with van der Waals surface area (Å²) in [5.41, 5.74) is 1.87. The molecule has 2 aromatic carbocycles. The number of para-hydroxylation sites is 1. The molecule has 0 saturated heterocycles. The minimum Gasteiger partial charge on any atom is -0.267 e. The molecule has 1 amide bonds. The van der Waals surface area contributed by atoms with Crippen molar-refractivity contribution >= 4 is 40.7 Å². The molecule has 1 aromatic heterocycles. The summed E-state index contributed by atoms with van der Waals surface area (Å²) in [7, 11) is 0. The van der Waals surface area contributed by atoms with E-state index >= 15 is 0 Å². The van der Waals surface area contributed by atoms with Crippen molar-refractivity contribution in [2.24, 2.45) is 5.10 Å². The fraction of sp³-hybridized carbons (Fsp3) is 0. The number of anilines is 1. The first-order valence-electron chi connectivity index (χ1n) is 6.71. The maximum atomic E-state index is 12.5. The molecule has 0 radical (unpaired) electrons. The second kappa shape index (κ2) is 4.64. The Morgan fingerprint density at radius 1 is 1.09 bits per heavy atom. The first-order chi connectivity index (χ1) is 10.7. The predicted molar refractivity (Wildman–Crippen MR) is 86.3 cm³/mol. The van der Waals surface area contributed by atoms with E-state index in [1.54, 1.807) is 6.07 Å². The highest BCUT2D eigenvalue weighted by molar-refractivity contribution is 6.31. The largest absolute Gasteiger partial charge is 0.282 e. The van der Waals surface area contributed by atoms with Crippen LogP contribution in [-0.4, -0.2) is 10.9 Å². The summed E-state index contributed by atoms with van der Waals surface area (Å²) >= 11 is 6.08. The zero-order valence-corrected chi connectivity index (χ0v) is 12.2. The lowest BCUT2D eigenvalue weighted by atomic mass is 10.1. The summed E-state index contributed by atoms with van der Waals surface area (Å²) in [6, 6.07) is 12.9. The number of pyridine rings is 1. The summed E-state index contributed by atoms with van der Waals surface area (Å²) in [6.07, 6.45) is 1.54. The molecule has 2 heterocycles. The monoisotopic (exact) mass is 307 g/mol. The smallest absolute Gasteiger partial charge is 0.267 e. The van der Waals surface area contributed by atoms with Gasteiger partial charge in [0.05, 0.1) is 16.8 Å². The van der Waals surface area contributed by atoms with Gasteiger partial charge in [-0.05, 0) is 24.3 Å². The molecule has 22 heavy (non-hydrogen) atoms. The van der Waals surface area contributed by atoms with Gasteiger partial charge in [0.2, 0.25) is 0 Å². The van der Waals surface area contributed by atoms with E-state index in [9.17, 15) is 4.79 Å². The molecular weight excluding hydrogens is 298 g/mol. The Morgan fingerprint density at radius 3 is 2.64 bits per heavy atom. The van der Waals surface area contributed by atoms with Gasteiger partial charge in [-0.3, -0.25) is 9.78 Å². The molecule has 1 aliphatic rings. The molecule has 4 nitrogen and oxygen atoms in total. The van der Waals surface area contributed by atoms with Gasteiger partial charge < -0.3 is 0 Å². The lowest BCUT2D eigenvalue weighted by Crippen LogP contribution is -2.21. The van der Waals surface area contributed by atoms with E-state index in [0.717, 1.165) is 11.1 Å². The number of amides is 1. The van der Waals surface area contributed by atoms with E-state index in [-0.39, 0.29) is 5.91 Å². The first kappa shape index (κ1) is 13.0. The van der Waals surface area contributed by atoms with Crippen LogP contribution >= 0.6 is 11.6 Å². The number of hydrogen-bond donors (Lipinski definition) is 0. The Kier molecular flexibility index (Phi) is 2.74.